The fourth-order valence-corrected chi connectivity index (χ4v) is 2.73. The Morgan fingerprint density at radius 3 is 2.19 bits per heavy atom. The molecular formula is C22H32N2O2. The highest BCUT2D eigenvalue weighted by molar-refractivity contribution is 5.55. The number of ether oxygens (including phenoxy) is 2. The van der Waals surface area contributed by atoms with Gasteiger partial charge < -0.3 is 9.47 Å². The van der Waals surface area contributed by atoms with E-state index >= 15 is 0 Å². The zero-order valence-electron chi connectivity index (χ0n) is 16.2. The number of rotatable bonds is 13. The van der Waals surface area contributed by atoms with Crippen LogP contribution in [0.3, 0.4) is 0 Å². The fourth-order valence-electron chi connectivity index (χ4n) is 2.73. The van der Waals surface area contributed by atoms with Crippen LogP contribution >= 0.6 is 0 Å². The second kappa shape index (κ2) is 12.4. The molecule has 0 aliphatic heterocycles. The maximum Gasteiger partial charge on any atom is 0.159 e. The van der Waals surface area contributed by atoms with Crippen LogP contribution in [0, 0.1) is 0 Å². The van der Waals surface area contributed by atoms with Crippen LogP contribution in [0.2, 0.25) is 0 Å². The molecule has 0 aliphatic rings. The number of hydrogen-bond donors (Lipinski definition) is 0. The summed E-state index contributed by atoms with van der Waals surface area (Å²) in [5.41, 5.74) is 2.23. The summed E-state index contributed by atoms with van der Waals surface area (Å²) in [5.74, 6) is 1.61. The number of aryl methyl sites for hydroxylation is 1. The second-order valence-corrected chi connectivity index (χ2v) is 6.56. The normalized spacial score (nSPS) is 10.8. The van der Waals surface area contributed by atoms with Crippen molar-refractivity contribution in [2.24, 2.45) is 0 Å². The van der Waals surface area contributed by atoms with Gasteiger partial charge in [-0.25, -0.2) is 9.97 Å². The summed E-state index contributed by atoms with van der Waals surface area (Å²) in [6.07, 6.45) is 12.5. The van der Waals surface area contributed by atoms with E-state index in [-0.39, 0.29) is 0 Å². The van der Waals surface area contributed by atoms with Gasteiger partial charge in [-0.2, -0.15) is 0 Å². The standard InChI is InChI=1S/C22H32N2O2/c1-3-5-6-7-8-9-19-17-23-22(24-18-19)20-10-12-21(13-11-20)26-16-15-25-14-4-2/h10-13,17-18H,3-9,14-16H2,1-2H3. The van der Waals surface area contributed by atoms with Crippen molar-refractivity contribution in [1.29, 1.82) is 0 Å². The minimum atomic E-state index is 0.572. The molecule has 1 aromatic heterocycles. The van der Waals surface area contributed by atoms with Crippen LogP contribution in [0.15, 0.2) is 36.7 Å². The zero-order valence-corrected chi connectivity index (χ0v) is 16.2. The van der Waals surface area contributed by atoms with Crippen LogP contribution in [-0.2, 0) is 11.2 Å². The topological polar surface area (TPSA) is 44.2 Å². The van der Waals surface area contributed by atoms with Gasteiger partial charge in [0.25, 0.3) is 0 Å². The number of nitrogens with zero attached hydrogens (tertiary/aromatic N) is 2. The first-order chi connectivity index (χ1) is 12.8. The summed E-state index contributed by atoms with van der Waals surface area (Å²) in [4.78, 5) is 9.04. The molecule has 0 saturated heterocycles. The lowest BCUT2D eigenvalue weighted by molar-refractivity contribution is 0.101. The largest absolute Gasteiger partial charge is 0.491 e. The molecule has 0 fully saturated rings. The van der Waals surface area contributed by atoms with E-state index in [9.17, 15) is 0 Å². The first-order valence-electron chi connectivity index (χ1n) is 9.95. The molecule has 0 amide bonds. The van der Waals surface area contributed by atoms with Gasteiger partial charge in [-0.1, -0.05) is 39.5 Å². The predicted molar refractivity (Wildman–Crippen MR) is 107 cm³/mol. The van der Waals surface area contributed by atoms with Crippen molar-refractivity contribution >= 4 is 0 Å². The smallest absolute Gasteiger partial charge is 0.159 e. The van der Waals surface area contributed by atoms with Crippen molar-refractivity contribution in [3.63, 3.8) is 0 Å². The van der Waals surface area contributed by atoms with E-state index in [2.05, 4.69) is 23.8 Å². The van der Waals surface area contributed by atoms with Crippen LogP contribution in [-0.4, -0.2) is 29.8 Å². The van der Waals surface area contributed by atoms with Crippen LogP contribution in [0.4, 0.5) is 0 Å². The van der Waals surface area contributed by atoms with Gasteiger partial charge in [-0.3, -0.25) is 0 Å². The Morgan fingerprint density at radius 2 is 1.50 bits per heavy atom. The zero-order chi connectivity index (χ0) is 18.5. The maximum absolute atomic E-state index is 5.67. The van der Waals surface area contributed by atoms with Crippen molar-refractivity contribution in [2.45, 2.75) is 58.8 Å². The van der Waals surface area contributed by atoms with Crippen molar-refractivity contribution in [2.75, 3.05) is 19.8 Å². The number of benzene rings is 1. The van der Waals surface area contributed by atoms with Crippen LogP contribution in [0.1, 0.15) is 57.9 Å². The molecule has 0 atom stereocenters. The molecule has 0 radical (unpaired) electrons. The minimum absolute atomic E-state index is 0.572. The molecule has 1 aromatic carbocycles. The fraction of sp³-hybridized carbons (Fsp3) is 0.545. The van der Waals surface area contributed by atoms with Gasteiger partial charge in [-0.05, 0) is 49.1 Å². The first-order valence-corrected chi connectivity index (χ1v) is 9.95. The van der Waals surface area contributed by atoms with Crippen LogP contribution < -0.4 is 4.74 Å². The summed E-state index contributed by atoms with van der Waals surface area (Å²) in [6, 6.07) is 7.92. The van der Waals surface area contributed by atoms with Crippen LogP contribution in [0.25, 0.3) is 11.4 Å². The monoisotopic (exact) mass is 356 g/mol. The minimum Gasteiger partial charge on any atom is -0.491 e. The van der Waals surface area contributed by atoms with E-state index in [1.54, 1.807) is 0 Å². The molecule has 0 unspecified atom stereocenters. The Balaban J connectivity index is 1.77. The van der Waals surface area contributed by atoms with Crippen molar-refractivity contribution in [3.05, 3.63) is 42.2 Å². The molecule has 26 heavy (non-hydrogen) atoms. The van der Waals surface area contributed by atoms with Gasteiger partial charge in [0.15, 0.2) is 5.82 Å². The Labute approximate surface area is 158 Å². The molecule has 0 aliphatic carbocycles. The lowest BCUT2D eigenvalue weighted by atomic mass is 10.1. The number of hydrogen-bond acceptors (Lipinski definition) is 4. The van der Waals surface area contributed by atoms with Gasteiger partial charge in [-0.15, -0.1) is 0 Å². The van der Waals surface area contributed by atoms with Gasteiger partial charge in [0, 0.05) is 24.6 Å². The Bertz CT molecular complexity index is 541. The van der Waals surface area contributed by atoms with Gasteiger partial charge >= 0.3 is 0 Å². The van der Waals surface area contributed by atoms with Gasteiger partial charge in [0.05, 0.1) is 6.61 Å². The quantitative estimate of drug-likeness (QED) is 0.447. The lowest BCUT2D eigenvalue weighted by Gasteiger charge is -2.07. The predicted octanol–water partition coefficient (Wildman–Crippen LogP) is 5.46. The summed E-state index contributed by atoms with van der Waals surface area (Å²) >= 11 is 0. The Morgan fingerprint density at radius 1 is 0.769 bits per heavy atom. The third kappa shape index (κ3) is 7.52. The first kappa shape index (κ1) is 20.4. The molecule has 1 heterocycles. The third-order valence-corrected chi connectivity index (χ3v) is 4.23. The summed E-state index contributed by atoms with van der Waals surface area (Å²) < 4.78 is 11.1. The number of unbranched alkanes of at least 4 members (excludes halogenated alkanes) is 4. The molecule has 2 aromatic rings. The Hall–Kier alpha value is -1.94. The molecule has 0 N–H and O–H groups in total. The molecule has 2 rings (SSSR count). The second-order valence-electron chi connectivity index (χ2n) is 6.56. The van der Waals surface area contributed by atoms with E-state index in [0.717, 1.165) is 36.6 Å². The van der Waals surface area contributed by atoms with Crippen LogP contribution in [0.5, 0.6) is 5.75 Å². The average Bonchev–Trinajstić information content (AvgIpc) is 2.69. The molecule has 0 spiro atoms. The molecule has 0 saturated carbocycles. The molecule has 0 bridgehead atoms. The van der Waals surface area contributed by atoms with Gasteiger partial charge in [0.1, 0.15) is 12.4 Å². The van der Waals surface area contributed by atoms with E-state index in [0.29, 0.717) is 13.2 Å². The SMILES string of the molecule is CCCCCCCc1cnc(-c2ccc(OCCOCCC)cc2)nc1. The third-order valence-electron chi connectivity index (χ3n) is 4.23. The highest BCUT2D eigenvalue weighted by Crippen LogP contribution is 2.19. The van der Waals surface area contributed by atoms with Crippen molar-refractivity contribution in [3.8, 4) is 17.1 Å². The van der Waals surface area contributed by atoms with E-state index in [1.807, 2.05) is 36.7 Å². The summed E-state index contributed by atoms with van der Waals surface area (Å²) in [7, 11) is 0. The molecule has 4 heteroatoms. The van der Waals surface area contributed by atoms with E-state index in [1.165, 1.54) is 37.7 Å². The molecule has 142 valence electrons. The van der Waals surface area contributed by atoms with Crippen molar-refractivity contribution in [1.82, 2.24) is 9.97 Å². The summed E-state index contributed by atoms with van der Waals surface area (Å²) in [6.45, 7) is 6.32. The summed E-state index contributed by atoms with van der Waals surface area (Å²) in [5, 5.41) is 0. The average molecular weight is 357 g/mol. The molecule has 4 nitrogen and oxygen atoms in total. The molecular weight excluding hydrogens is 324 g/mol. The van der Waals surface area contributed by atoms with E-state index in [4.69, 9.17) is 9.47 Å². The maximum atomic E-state index is 5.67. The van der Waals surface area contributed by atoms with Crippen molar-refractivity contribution < 1.29 is 9.47 Å². The van der Waals surface area contributed by atoms with Gasteiger partial charge in [0.2, 0.25) is 0 Å². The Kier molecular flexibility index (Phi) is 9.73. The highest BCUT2D eigenvalue weighted by Gasteiger charge is 2.03. The number of aromatic nitrogens is 2. The highest BCUT2D eigenvalue weighted by atomic mass is 16.5. The van der Waals surface area contributed by atoms with E-state index < -0.39 is 0 Å². The lowest BCUT2D eigenvalue weighted by Crippen LogP contribution is -2.07.